The molecule has 0 aliphatic carbocycles. The molecule has 0 saturated heterocycles. The van der Waals surface area contributed by atoms with Crippen molar-refractivity contribution < 1.29 is 27.6 Å². The number of nitrogens with zero attached hydrogens (tertiary/aromatic N) is 2. The van der Waals surface area contributed by atoms with Crippen LogP contribution in [0.25, 0.3) is 0 Å². The number of ether oxygens (including phenoxy) is 1. The van der Waals surface area contributed by atoms with Gasteiger partial charge in [0.2, 0.25) is 0 Å². The van der Waals surface area contributed by atoms with Crippen molar-refractivity contribution in [1.29, 1.82) is 5.26 Å². The van der Waals surface area contributed by atoms with E-state index in [1.807, 2.05) is 0 Å². The molecule has 1 aromatic carbocycles. The fraction of sp³-hybridized carbons (Fsp3) is 0.333. The Hall–Kier alpha value is -2.28. The highest BCUT2D eigenvalue weighted by atomic mass is 32.2. The van der Waals surface area contributed by atoms with Gasteiger partial charge in [0.15, 0.2) is 0 Å². The number of nitro groups is 1. The first-order chi connectivity index (χ1) is 10.2. The first kappa shape index (κ1) is 17.8. The molecule has 0 atom stereocenters. The van der Waals surface area contributed by atoms with Crippen LogP contribution in [0.4, 0.5) is 18.9 Å². The summed E-state index contributed by atoms with van der Waals surface area (Å²) in [6.45, 7) is 1.62. The Kier molecular flexibility index (Phi) is 5.76. The van der Waals surface area contributed by atoms with E-state index in [0.717, 1.165) is 12.1 Å². The smallest absolute Gasteiger partial charge is 0.446 e. The Morgan fingerprint density at radius 3 is 2.59 bits per heavy atom. The summed E-state index contributed by atoms with van der Waals surface area (Å²) in [5.74, 6) is -0.732. The molecule has 22 heavy (non-hydrogen) atoms. The molecule has 0 radical (unpaired) electrons. The normalized spacial score (nSPS) is 10.9. The third-order valence-electron chi connectivity index (χ3n) is 2.39. The lowest BCUT2D eigenvalue weighted by Gasteiger charge is -2.10. The van der Waals surface area contributed by atoms with Gasteiger partial charge in [-0.3, -0.25) is 14.9 Å². The number of hydrogen-bond acceptors (Lipinski definition) is 6. The summed E-state index contributed by atoms with van der Waals surface area (Å²) in [5.41, 5.74) is -6.33. The second-order valence-electron chi connectivity index (χ2n) is 3.84. The predicted octanol–water partition coefficient (Wildman–Crippen LogP) is 3.18. The van der Waals surface area contributed by atoms with Gasteiger partial charge in [-0.15, -0.1) is 0 Å². The lowest BCUT2D eigenvalue weighted by Crippen LogP contribution is -2.10. The Labute approximate surface area is 127 Å². The van der Waals surface area contributed by atoms with Gasteiger partial charge in [-0.2, -0.15) is 18.4 Å². The van der Waals surface area contributed by atoms with Crippen LogP contribution in [-0.2, 0) is 16.0 Å². The van der Waals surface area contributed by atoms with Crippen molar-refractivity contribution in [2.75, 3.05) is 6.61 Å². The third kappa shape index (κ3) is 4.63. The molecule has 0 aliphatic heterocycles. The van der Waals surface area contributed by atoms with Crippen LogP contribution in [0.3, 0.4) is 0 Å². The Bertz CT molecular complexity index is 640. The average molecular weight is 334 g/mol. The summed E-state index contributed by atoms with van der Waals surface area (Å²) < 4.78 is 41.9. The number of halogens is 3. The van der Waals surface area contributed by atoms with E-state index < -0.39 is 50.7 Å². The molecular formula is C12H9F3N2O4S. The van der Waals surface area contributed by atoms with Crippen LogP contribution in [0.5, 0.6) is 0 Å². The summed E-state index contributed by atoms with van der Waals surface area (Å²) in [5, 5.41) is 20.0. The van der Waals surface area contributed by atoms with Crippen LogP contribution < -0.4 is 0 Å². The summed E-state index contributed by atoms with van der Waals surface area (Å²) >= 11 is -0.686. The summed E-state index contributed by atoms with van der Waals surface area (Å²) in [6.07, 6.45) is -0.436. The molecule has 1 rings (SSSR count). The van der Waals surface area contributed by atoms with Crippen LogP contribution in [-0.4, -0.2) is 23.0 Å². The summed E-state index contributed by atoms with van der Waals surface area (Å²) in [4.78, 5) is 20.6. The highest BCUT2D eigenvalue weighted by molar-refractivity contribution is 8.00. The van der Waals surface area contributed by atoms with Crippen LogP contribution in [0.15, 0.2) is 17.0 Å². The quantitative estimate of drug-likeness (QED) is 0.355. The molecule has 0 unspecified atom stereocenters. The fourth-order valence-electron chi connectivity index (χ4n) is 1.64. The van der Waals surface area contributed by atoms with Gasteiger partial charge in [-0.25, -0.2) is 0 Å². The topological polar surface area (TPSA) is 93.2 Å². The van der Waals surface area contributed by atoms with E-state index in [4.69, 9.17) is 5.26 Å². The van der Waals surface area contributed by atoms with E-state index >= 15 is 0 Å². The molecule has 6 nitrogen and oxygen atoms in total. The molecular weight excluding hydrogens is 325 g/mol. The van der Waals surface area contributed by atoms with E-state index in [2.05, 4.69) is 4.74 Å². The summed E-state index contributed by atoms with van der Waals surface area (Å²) in [6, 6.07) is 3.44. The number of nitriles is 1. The van der Waals surface area contributed by atoms with Crippen molar-refractivity contribution in [2.45, 2.75) is 23.7 Å². The maximum atomic E-state index is 12.4. The summed E-state index contributed by atoms with van der Waals surface area (Å²) in [7, 11) is 0. The minimum Gasteiger partial charge on any atom is -0.466 e. The van der Waals surface area contributed by atoms with Crippen LogP contribution in [0.2, 0.25) is 0 Å². The highest BCUT2D eigenvalue weighted by Crippen LogP contribution is 2.43. The van der Waals surface area contributed by atoms with Gasteiger partial charge < -0.3 is 4.74 Å². The van der Waals surface area contributed by atoms with Crippen molar-refractivity contribution in [1.82, 2.24) is 0 Å². The van der Waals surface area contributed by atoms with Crippen molar-refractivity contribution in [3.05, 3.63) is 33.4 Å². The van der Waals surface area contributed by atoms with E-state index in [-0.39, 0.29) is 12.2 Å². The predicted molar refractivity (Wildman–Crippen MR) is 70.1 cm³/mol. The monoisotopic (exact) mass is 334 g/mol. The van der Waals surface area contributed by atoms with Gasteiger partial charge in [0, 0.05) is 0 Å². The Morgan fingerprint density at radius 2 is 2.14 bits per heavy atom. The molecule has 0 heterocycles. The van der Waals surface area contributed by atoms with Gasteiger partial charge in [-0.1, -0.05) is 6.07 Å². The third-order valence-corrected chi connectivity index (χ3v) is 3.17. The van der Waals surface area contributed by atoms with Crippen molar-refractivity contribution in [2.24, 2.45) is 0 Å². The first-order valence-corrected chi connectivity index (χ1v) is 6.63. The average Bonchev–Trinajstić information content (AvgIpc) is 2.38. The standard InChI is InChI=1S/C12H9F3N2O4S/c1-2-21-10(18)5-7-3-4-9(22-12(13,14)15)11(17(19)20)8(7)6-16/h3-4H,2,5H2,1H3. The number of benzene rings is 1. The number of nitro benzene ring substituents is 1. The second kappa shape index (κ2) is 7.13. The SMILES string of the molecule is CCOC(=O)Cc1ccc(SC(F)(F)F)c([N+](=O)[O-])c1C#N. The molecule has 118 valence electrons. The minimum absolute atomic E-state index is 0.0563. The fourth-order valence-corrected chi connectivity index (χ4v) is 2.30. The van der Waals surface area contributed by atoms with Crippen LogP contribution in [0.1, 0.15) is 18.1 Å². The largest absolute Gasteiger partial charge is 0.466 e. The zero-order valence-corrected chi connectivity index (χ0v) is 12.0. The second-order valence-corrected chi connectivity index (χ2v) is 4.95. The Balaban J connectivity index is 3.35. The van der Waals surface area contributed by atoms with Gasteiger partial charge in [0.25, 0.3) is 0 Å². The molecule has 1 aromatic rings. The molecule has 0 aliphatic rings. The van der Waals surface area contributed by atoms with Gasteiger partial charge in [-0.05, 0) is 30.3 Å². The molecule has 0 aromatic heterocycles. The molecule has 0 N–H and O–H groups in total. The minimum atomic E-state index is -4.74. The molecule has 0 bridgehead atoms. The molecule has 10 heteroatoms. The number of carbonyl (C=O) groups is 1. The maximum Gasteiger partial charge on any atom is 0.446 e. The van der Waals surface area contributed by atoms with Gasteiger partial charge >= 0.3 is 17.2 Å². The molecule has 0 fully saturated rings. The number of thioether (sulfide) groups is 1. The molecule has 0 spiro atoms. The zero-order chi connectivity index (χ0) is 16.9. The number of esters is 1. The molecule has 0 amide bonds. The van der Waals surface area contributed by atoms with Crippen LogP contribution >= 0.6 is 11.8 Å². The highest BCUT2D eigenvalue weighted by Gasteiger charge is 2.35. The van der Waals surface area contributed by atoms with Gasteiger partial charge in [0.05, 0.1) is 22.8 Å². The Morgan fingerprint density at radius 1 is 1.50 bits per heavy atom. The van der Waals surface area contributed by atoms with Gasteiger partial charge in [0.1, 0.15) is 11.6 Å². The maximum absolute atomic E-state index is 12.4. The number of hydrogen-bond donors (Lipinski definition) is 0. The van der Waals surface area contributed by atoms with Crippen LogP contribution in [0, 0.1) is 21.4 Å². The molecule has 0 saturated carbocycles. The lowest BCUT2D eigenvalue weighted by molar-refractivity contribution is -0.388. The number of carbonyl (C=O) groups excluding carboxylic acids is 1. The van der Waals surface area contributed by atoms with Crippen molar-refractivity contribution >= 4 is 23.4 Å². The van der Waals surface area contributed by atoms with E-state index in [1.165, 1.54) is 6.07 Å². The van der Waals surface area contributed by atoms with E-state index in [0.29, 0.717) is 0 Å². The van der Waals surface area contributed by atoms with E-state index in [1.54, 1.807) is 6.92 Å². The first-order valence-electron chi connectivity index (χ1n) is 5.81. The lowest BCUT2D eigenvalue weighted by atomic mass is 10.0. The van der Waals surface area contributed by atoms with Crippen molar-refractivity contribution in [3.8, 4) is 6.07 Å². The zero-order valence-electron chi connectivity index (χ0n) is 11.1. The number of alkyl halides is 3. The van der Waals surface area contributed by atoms with Crippen molar-refractivity contribution in [3.63, 3.8) is 0 Å². The number of rotatable bonds is 5. The van der Waals surface area contributed by atoms with E-state index in [9.17, 15) is 28.1 Å².